The van der Waals surface area contributed by atoms with Crippen LogP contribution in [0.3, 0.4) is 0 Å². The summed E-state index contributed by atoms with van der Waals surface area (Å²) < 4.78 is 0. The third-order valence-corrected chi connectivity index (χ3v) is 10.6. The zero-order valence-electron chi connectivity index (χ0n) is 16.4. The normalized spacial score (nSPS) is 56.2. The molecule has 5 aliphatic rings. The number of hydrogen-bond donors (Lipinski definition) is 0. The molecular weight excluding hydrogens is 288 g/mol. The molecule has 5 fully saturated rings. The summed E-state index contributed by atoms with van der Waals surface area (Å²) in [6.07, 6.45) is 22.1. The molecular formula is C24H40. The van der Waals surface area contributed by atoms with Gasteiger partial charge in [0.15, 0.2) is 0 Å². The Bertz CT molecular complexity index is 480. The van der Waals surface area contributed by atoms with Crippen molar-refractivity contribution in [3.63, 3.8) is 0 Å². The average molecular weight is 329 g/mol. The van der Waals surface area contributed by atoms with Crippen LogP contribution in [0.15, 0.2) is 0 Å². The fourth-order valence-electron chi connectivity index (χ4n) is 9.72. The van der Waals surface area contributed by atoms with Gasteiger partial charge in [0.1, 0.15) is 0 Å². The number of rotatable bonds is 2. The van der Waals surface area contributed by atoms with Gasteiger partial charge < -0.3 is 0 Å². The standard InChI is InChI=1S/C24H40/c1-3-6-17-12-15-24-16-13-21-19(22(24)11-10-20(17)24)9-8-18-7-4-5-14-23(18,21)2/h17-22H,3-16H2,1-2H3/t17-,18-,19?,20-,21?,22?,23+,24-/m1/s1. The van der Waals surface area contributed by atoms with E-state index in [2.05, 4.69) is 13.8 Å². The minimum absolute atomic E-state index is 0.738. The summed E-state index contributed by atoms with van der Waals surface area (Å²) in [5.74, 6) is 6.72. The predicted octanol–water partition coefficient (Wildman–Crippen LogP) is 7.23. The minimum atomic E-state index is 0.738. The summed E-state index contributed by atoms with van der Waals surface area (Å²) in [6.45, 7) is 5.16. The Morgan fingerprint density at radius 1 is 0.750 bits per heavy atom. The van der Waals surface area contributed by atoms with Gasteiger partial charge in [-0.3, -0.25) is 0 Å². The third kappa shape index (κ3) is 2.04. The highest BCUT2D eigenvalue weighted by molar-refractivity contribution is 5.12. The smallest absolute Gasteiger partial charge is 0.0235 e. The van der Waals surface area contributed by atoms with E-state index in [0.29, 0.717) is 0 Å². The number of fused-ring (bicyclic) bond motifs is 4. The van der Waals surface area contributed by atoms with E-state index in [9.17, 15) is 0 Å². The SMILES string of the molecule is CCC[C@@H]1CC[C@]23CCC4C(CC[C@H]5CCCC[C@]45C)C2CC[C@H]13. The van der Waals surface area contributed by atoms with Crippen LogP contribution in [0.4, 0.5) is 0 Å². The highest BCUT2D eigenvalue weighted by atomic mass is 14.7. The molecule has 8 atom stereocenters. The molecule has 0 heteroatoms. The van der Waals surface area contributed by atoms with E-state index in [1.165, 1.54) is 25.7 Å². The molecule has 24 heavy (non-hydrogen) atoms. The summed E-state index contributed by atoms with van der Waals surface area (Å²) in [4.78, 5) is 0. The van der Waals surface area contributed by atoms with Crippen LogP contribution >= 0.6 is 0 Å². The van der Waals surface area contributed by atoms with Crippen molar-refractivity contribution < 1.29 is 0 Å². The molecule has 136 valence electrons. The maximum absolute atomic E-state index is 2.74. The fourth-order valence-corrected chi connectivity index (χ4v) is 9.72. The topological polar surface area (TPSA) is 0 Å². The van der Waals surface area contributed by atoms with Crippen molar-refractivity contribution in [1.29, 1.82) is 0 Å². The lowest BCUT2D eigenvalue weighted by Crippen LogP contribution is -2.52. The zero-order chi connectivity index (χ0) is 16.4. The van der Waals surface area contributed by atoms with Crippen molar-refractivity contribution in [3.05, 3.63) is 0 Å². The van der Waals surface area contributed by atoms with Gasteiger partial charge in [0.05, 0.1) is 0 Å². The van der Waals surface area contributed by atoms with E-state index >= 15 is 0 Å². The highest BCUT2D eigenvalue weighted by Gasteiger charge is 2.63. The molecule has 0 aromatic rings. The molecule has 5 saturated carbocycles. The van der Waals surface area contributed by atoms with E-state index in [4.69, 9.17) is 0 Å². The van der Waals surface area contributed by atoms with E-state index in [-0.39, 0.29) is 0 Å². The van der Waals surface area contributed by atoms with E-state index < -0.39 is 0 Å². The van der Waals surface area contributed by atoms with Gasteiger partial charge in [-0.2, -0.15) is 0 Å². The first-order valence-electron chi connectivity index (χ1n) is 11.7. The Kier molecular flexibility index (Phi) is 3.88. The fraction of sp³-hybridized carbons (Fsp3) is 1.00. The van der Waals surface area contributed by atoms with Crippen LogP contribution in [0.2, 0.25) is 0 Å². The van der Waals surface area contributed by atoms with Crippen LogP contribution in [-0.4, -0.2) is 0 Å². The molecule has 0 nitrogen and oxygen atoms in total. The van der Waals surface area contributed by atoms with Crippen molar-refractivity contribution >= 4 is 0 Å². The molecule has 0 aliphatic heterocycles. The summed E-state index contributed by atoms with van der Waals surface area (Å²) in [5, 5.41) is 0. The average Bonchev–Trinajstić information content (AvgIpc) is 3.12. The predicted molar refractivity (Wildman–Crippen MR) is 102 cm³/mol. The first kappa shape index (κ1) is 16.2. The van der Waals surface area contributed by atoms with Crippen LogP contribution in [0.1, 0.15) is 104 Å². The molecule has 0 aromatic carbocycles. The van der Waals surface area contributed by atoms with Gasteiger partial charge >= 0.3 is 0 Å². The summed E-state index contributed by atoms with van der Waals surface area (Å²) in [6, 6.07) is 0. The summed E-state index contributed by atoms with van der Waals surface area (Å²) >= 11 is 0. The minimum Gasteiger partial charge on any atom is -0.0654 e. The van der Waals surface area contributed by atoms with Crippen molar-refractivity contribution in [2.45, 2.75) is 104 Å². The first-order chi connectivity index (χ1) is 11.7. The zero-order valence-corrected chi connectivity index (χ0v) is 16.4. The largest absolute Gasteiger partial charge is 0.0654 e. The summed E-state index contributed by atoms with van der Waals surface area (Å²) in [5.41, 5.74) is 1.57. The van der Waals surface area contributed by atoms with Crippen LogP contribution in [-0.2, 0) is 0 Å². The second kappa shape index (κ2) is 5.75. The molecule has 0 aromatic heterocycles. The summed E-state index contributed by atoms with van der Waals surface area (Å²) in [7, 11) is 0. The maximum atomic E-state index is 2.74. The quantitative estimate of drug-likeness (QED) is 0.501. The van der Waals surface area contributed by atoms with Gasteiger partial charge in [-0.1, -0.05) is 39.5 Å². The molecule has 0 N–H and O–H groups in total. The first-order valence-corrected chi connectivity index (χ1v) is 11.7. The molecule has 0 saturated heterocycles. The maximum Gasteiger partial charge on any atom is -0.0235 e. The molecule has 3 unspecified atom stereocenters. The van der Waals surface area contributed by atoms with Crippen LogP contribution in [0.5, 0.6) is 0 Å². The van der Waals surface area contributed by atoms with Gasteiger partial charge in [-0.25, -0.2) is 0 Å². The molecule has 0 amide bonds. The Labute approximate surface area is 150 Å². The van der Waals surface area contributed by atoms with Crippen LogP contribution < -0.4 is 0 Å². The Morgan fingerprint density at radius 2 is 1.58 bits per heavy atom. The van der Waals surface area contributed by atoms with Crippen LogP contribution in [0, 0.1) is 46.3 Å². The van der Waals surface area contributed by atoms with Gasteiger partial charge in [-0.05, 0) is 111 Å². The molecule has 0 bridgehead atoms. The Hall–Kier alpha value is 0. The molecule has 0 radical (unpaired) electrons. The van der Waals surface area contributed by atoms with Crippen molar-refractivity contribution in [1.82, 2.24) is 0 Å². The second-order valence-corrected chi connectivity index (χ2v) is 10.9. The highest BCUT2D eigenvalue weighted by Crippen LogP contribution is 2.72. The molecule has 5 aliphatic carbocycles. The van der Waals surface area contributed by atoms with E-state index in [1.807, 2.05) is 0 Å². The van der Waals surface area contributed by atoms with E-state index in [1.54, 1.807) is 64.2 Å². The lowest BCUT2D eigenvalue weighted by molar-refractivity contribution is -0.112. The van der Waals surface area contributed by atoms with Crippen LogP contribution in [0.25, 0.3) is 0 Å². The molecule has 1 spiro atoms. The van der Waals surface area contributed by atoms with E-state index in [0.717, 1.165) is 46.3 Å². The lowest BCUT2D eigenvalue weighted by atomic mass is 9.44. The Balaban J connectivity index is 1.42. The monoisotopic (exact) mass is 328 g/mol. The van der Waals surface area contributed by atoms with Crippen molar-refractivity contribution in [2.75, 3.05) is 0 Å². The van der Waals surface area contributed by atoms with Gasteiger partial charge in [0, 0.05) is 0 Å². The number of hydrogen-bond acceptors (Lipinski definition) is 0. The Morgan fingerprint density at radius 3 is 2.46 bits per heavy atom. The molecule has 5 rings (SSSR count). The van der Waals surface area contributed by atoms with Gasteiger partial charge in [-0.15, -0.1) is 0 Å². The van der Waals surface area contributed by atoms with Crippen molar-refractivity contribution in [3.8, 4) is 0 Å². The third-order valence-electron chi connectivity index (χ3n) is 10.6. The second-order valence-electron chi connectivity index (χ2n) is 10.9. The van der Waals surface area contributed by atoms with Crippen molar-refractivity contribution in [2.24, 2.45) is 46.3 Å². The van der Waals surface area contributed by atoms with Gasteiger partial charge in [0.25, 0.3) is 0 Å². The van der Waals surface area contributed by atoms with Gasteiger partial charge in [0.2, 0.25) is 0 Å². The molecule has 0 heterocycles. The lowest BCUT2D eigenvalue weighted by Gasteiger charge is -2.60.